The molecule has 20 heavy (non-hydrogen) atoms. The van der Waals surface area contributed by atoms with Crippen LogP contribution in [0.5, 0.6) is 0 Å². The average molecular weight is 360 g/mol. The number of nitriles is 1. The van der Waals surface area contributed by atoms with Gasteiger partial charge in [-0.05, 0) is 38.5 Å². The second-order valence-corrected chi connectivity index (χ2v) is 8.00. The Balaban J connectivity index is 3.20. The number of carboxylic acid groups (broad SMARTS) is 1. The van der Waals surface area contributed by atoms with Crippen molar-refractivity contribution < 1.29 is 18.3 Å². The molecule has 0 heterocycles. The minimum atomic E-state index is -3.76. The van der Waals surface area contributed by atoms with Gasteiger partial charge in [0.25, 0.3) is 0 Å². The van der Waals surface area contributed by atoms with Crippen LogP contribution in [-0.2, 0) is 9.84 Å². The van der Waals surface area contributed by atoms with Crippen molar-refractivity contribution in [2.75, 3.05) is 5.75 Å². The van der Waals surface area contributed by atoms with Crippen LogP contribution in [0.25, 0.3) is 0 Å². The number of sulfone groups is 1. The van der Waals surface area contributed by atoms with Gasteiger partial charge in [-0.3, -0.25) is 0 Å². The highest BCUT2D eigenvalue weighted by Crippen LogP contribution is 2.26. The first kappa shape index (κ1) is 16.7. The quantitative estimate of drug-likeness (QED) is 0.871. The summed E-state index contributed by atoms with van der Waals surface area (Å²) >= 11 is 3.13. The van der Waals surface area contributed by atoms with Gasteiger partial charge in [0.15, 0.2) is 9.84 Å². The molecule has 1 aromatic carbocycles. The maximum Gasteiger partial charge on any atom is 0.337 e. The molecule has 108 valence electrons. The van der Waals surface area contributed by atoms with Gasteiger partial charge in [0.2, 0.25) is 0 Å². The van der Waals surface area contributed by atoms with Crippen molar-refractivity contribution in [3.63, 3.8) is 0 Å². The van der Waals surface area contributed by atoms with Crippen LogP contribution in [-0.4, -0.2) is 25.2 Å². The molecule has 0 radical (unpaired) electrons. The Morgan fingerprint density at radius 3 is 2.55 bits per heavy atom. The van der Waals surface area contributed by atoms with E-state index in [1.54, 1.807) is 13.8 Å². The first-order valence-electron chi connectivity index (χ1n) is 5.76. The van der Waals surface area contributed by atoms with Gasteiger partial charge < -0.3 is 5.11 Å². The summed E-state index contributed by atoms with van der Waals surface area (Å²) in [5, 5.41) is 18.0. The van der Waals surface area contributed by atoms with Gasteiger partial charge in [0.1, 0.15) is 0 Å². The normalized spacial score (nSPS) is 11.9. The lowest BCUT2D eigenvalue weighted by Gasteiger charge is -2.15. The first-order valence-corrected chi connectivity index (χ1v) is 8.20. The number of benzene rings is 1. The number of hydrogen-bond acceptors (Lipinski definition) is 4. The molecule has 0 spiro atoms. The predicted octanol–water partition coefficient (Wildman–Crippen LogP) is 2.86. The van der Waals surface area contributed by atoms with Crippen molar-refractivity contribution in [1.29, 1.82) is 5.26 Å². The average Bonchev–Trinajstić information content (AvgIpc) is 2.36. The van der Waals surface area contributed by atoms with E-state index in [-0.39, 0.29) is 22.6 Å². The molecule has 0 amide bonds. The molecule has 1 aromatic rings. The number of aromatic carboxylic acids is 1. The molecule has 0 aliphatic carbocycles. The zero-order valence-electron chi connectivity index (χ0n) is 11.1. The van der Waals surface area contributed by atoms with Crippen LogP contribution in [0.1, 0.15) is 30.6 Å². The van der Waals surface area contributed by atoms with E-state index in [0.29, 0.717) is 4.47 Å². The van der Waals surface area contributed by atoms with Gasteiger partial charge >= 0.3 is 5.97 Å². The molecule has 7 heteroatoms. The Kier molecular flexibility index (Phi) is 4.95. The van der Waals surface area contributed by atoms with Crippen LogP contribution < -0.4 is 0 Å². The van der Waals surface area contributed by atoms with Crippen molar-refractivity contribution in [1.82, 2.24) is 0 Å². The molecule has 0 unspecified atom stereocenters. The summed E-state index contributed by atoms with van der Waals surface area (Å²) < 4.78 is 25.0. The number of hydrogen-bond donors (Lipinski definition) is 1. The van der Waals surface area contributed by atoms with Gasteiger partial charge in [-0.25, -0.2) is 13.2 Å². The van der Waals surface area contributed by atoms with E-state index in [1.807, 2.05) is 6.07 Å². The summed E-state index contributed by atoms with van der Waals surface area (Å²) in [5.41, 5.74) is -1.04. The van der Waals surface area contributed by atoms with Crippen molar-refractivity contribution >= 4 is 31.7 Å². The van der Waals surface area contributed by atoms with Crippen molar-refractivity contribution in [3.05, 3.63) is 28.2 Å². The monoisotopic (exact) mass is 359 g/mol. The van der Waals surface area contributed by atoms with Crippen molar-refractivity contribution in [2.24, 2.45) is 5.41 Å². The highest BCUT2D eigenvalue weighted by molar-refractivity contribution is 9.10. The van der Waals surface area contributed by atoms with Crippen LogP contribution in [0.2, 0.25) is 0 Å². The largest absolute Gasteiger partial charge is 0.478 e. The fourth-order valence-electron chi connectivity index (χ4n) is 1.49. The van der Waals surface area contributed by atoms with Gasteiger partial charge in [0.05, 0.1) is 27.7 Å². The maximum atomic E-state index is 12.3. The first-order chi connectivity index (χ1) is 9.09. The third kappa shape index (κ3) is 4.05. The summed E-state index contributed by atoms with van der Waals surface area (Å²) in [4.78, 5) is 10.9. The molecule has 0 aliphatic heterocycles. The Labute approximate surface area is 126 Å². The van der Waals surface area contributed by atoms with Crippen LogP contribution in [0.15, 0.2) is 27.6 Å². The number of carbonyl (C=O) groups is 1. The number of nitrogens with zero attached hydrogens (tertiary/aromatic N) is 1. The Hall–Kier alpha value is -1.39. The molecule has 0 fully saturated rings. The third-order valence-electron chi connectivity index (χ3n) is 2.81. The minimum absolute atomic E-state index is 0.136. The SMILES string of the molecule is CC(C)(C#N)CCS(=O)(=O)c1cc(Br)ccc1C(=O)O. The lowest BCUT2D eigenvalue weighted by Crippen LogP contribution is -2.18. The second-order valence-electron chi connectivity index (χ2n) is 5.01. The second kappa shape index (κ2) is 5.94. The van der Waals surface area contributed by atoms with Crippen molar-refractivity contribution in [2.45, 2.75) is 25.2 Å². The smallest absolute Gasteiger partial charge is 0.337 e. The summed E-state index contributed by atoms with van der Waals surface area (Å²) in [7, 11) is -3.76. The van der Waals surface area contributed by atoms with E-state index < -0.39 is 21.2 Å². The zero-order valence-corrected chi connectivity index (χ0v) is 13.5. The minimum Gasteiger partial charge on any atom is -0.478 e. The highest BCUT2D eigenvalue weighted by atomic mass is 79.9. The Morgan fingerprint density at radius 1 is 1.45 bits per heavy atom. The maximum absolute atomic E-state index is 12.3. The predicted molar refractivity (Wildman–Crippen MR) is 77.2 cm³/mol. The van der Waals surface area contributed by atoms with Gasteiger partial charge in [0, 0.05) is 4.47 Å². The van der Waals surface area contributed by atoms with E-state index in [4.69, 9.17) is 10.4 Å². The fourth-order valence-corrected chi connectivity index (χ4v) is 3.79. The molecule has 0 saturated heterocycles. The van der Waals surface area contributed by atoms with E-state index in [9.17, 15) is 13.2 Å². The molecular formula is C13H14BrNO4S. The van der Waals surface area contributed by atoms with Crippen LogP contribution in [0.3, 0.4) is 0 Å². The molecule has 0 atom stereocenters. The Bertz CT molecular complexity index is 674. The fraction of sp³-hybridized carbons (Fsp3) is 0.385. The van der Waals surface area contributed by atoms with Crippen molar-refractivity contribution in [3.8, 4) is 6.07 Å². The third-order valence-corrected chi connectivity index (χ3v) is 5.05. The van der Waals surface area contributed by atoms with Crippen LogP contribution >= 0.6 is 15.9 Å². The summed E-state index contributed by atoms with van der Waals surface area (Å²) in [5.74, 6) is -1.57. The van der Waals surface area contributed by atoms with Gasteiger partial charge in [-0.2, -0.15) is 5.26 Å². The standard InChI is InChI=1S/C13H14BrNO4S/c1-13(2,8-15)5-6-20(18,19)11-7-9(14)3-4-10(11)12(16)17/h3-4,7H,5-6H2,1-2H3,(H,16,17). The summed E-state index contributed by atoms with van der Waals surface area (Å²) in [6.07, 6.45) is 0.136. The molecule has 1 N–H and O–H groups in total. The number of rotatable bonds is 5. The number of carboxylic acids is 1. The van der Waals surface area contributed by atoms with E-state index in [1.165, 1.54) is 18.2 Å². The molecule has 5 nitrogen and oxygen atoms in total. The summed E-state index contributed by atoms with van der Waals surface area (Å²) in [6, 6.07) is 6.02. The van der Waals surface area contributed by atoms with E-state index in [2.05, 4.69) is 15.9 Å². The van der Waals surface area contributed by atoms with E-state index in [0.717, 1.165) is 0 Å². The lowest BCUT2D eigenvalue weighted by molar-refractivity contribution is 0.0692. The molecule has 1 rings (SSSR count). The lowest BCUT2D eigenvalue weighted by atomic mass is 9.93. The molecule has 0 bridgehead atoms. The molecular weight excluding hydrogens is 346 g/mol. The zero-order chi connectivity index (χ0) is 15.6. The summed E-state index contributed by atoms with van der Waals surface area (Å²) in [6.45, 7) is 3.28. The van der Waals surface area contributed by atoms with Gasteiger partial charge in [-0.1, -0.05) is 15.9 Å². The van der Waals surface area contributed by atoms with E-state index >= 15 is 0 Å². The molecule has 0 aliphatic rings. The molecule has 0 aromatic heterocycles. The van der Waals surface area contributed by atoms with Crippen LogP contribution in [0, 0.1) is 16.7 Å². The topological polar surface area (TPSA) is 95.2 Å². The molecule has 0 saturated carbocycles. The van der Waals surface area contributed by atoms with Gasteiger partial charge in [-0.15, -0.1) is 0 Å². The van der Waals surface area contributed by atoms with Crippen LogP contribution in [0.4, 0.5) is 0 Å². The number of halogens is 1. The highest BCUT2D eigenvalue weighted by Gasteiger charge is 2.26. The Morgan fingerprint density at radius 2 is 2.05 bits per heavy atom.